The minimum Gasteiger partial charge on any atom is -0.494 e. The first-order chi connectivity index (χ1) is 20.0. The highest BCUT2D eigenvalue weighted by Gasteiger charge is 2.35. The Kier molecular flexibility index (Phi) is 8.16. The van der Waals surface area contributed by atoms with Crippen molar-refractivity contribution >= 4 is 17.9 Å². The van der Waals surface area contributed by atoms with Crippen LogP contribution < -0.4 is 4.74 Å². The van der Waals surface area contributed by atoms with Crippen LogP contribution in [0.1, 0.15) is 37.8 Å². The van der Waals surface area contributed by atoms with Gasteiger partial charge in [0.15, 0.2) is 0 Å². The summed E-state index contributed by atoms with van der Waals surface area (Å²) in [7, 11) is 0. The quantitative estimate of drug-likeness (QED) is 0.148. The van der Waals surface area contributed by atoms with Crippen molar-refractivity contribution in [2.45, 2.75) is 33.2 Å². The summed E-state index contributed by atoms with van der Waals surface area (Å²) in [5.74, 6) is -0.368. The highest BCUT2D eigenvalue weighted by molar-refractivity contribution is 6.19. The Morgan fingerprint density at radius 3 is 2.59 bits per heavy atom. The third kappa shape index (κ3) is 5.85. The van der Waals surface area contributed by atoms with Crippen molar-refractivity contribution in [3.63, 3.8) is 0 Å². The van der Waals surface area contributed by atoms with Gasteiger partial charge in [-0.15, -0.1) is 0 Å². The number of hydrogen-bond acceptors (Lipinski definition) is 6. The number of imide groups is 1. The van der Waals surface area contributed by atoms with Crippen molar-refractivity contribution in [1.29, 1.82) is 5.26 Å². The van der Waals surface area contributed by atoms with E-state index in [0.717, 1.165) is 34.7 Å². The number of nitrogens with zero attached hydrogens (tertiary/aromatic N) is 5. The molecule has 0 unspecified atom stereocenters. The van der Waals surface area contributed by atoms with Gasteiger partial charge < -0.3 is 4.74 Å². The van der Waals surface area contributed by atoms with Gasteiger partial charge in [-0.05, 0) is 60.9 Å². The molecule has 1 aliphatic heterocycles. The highest BCUT2D eigenvalue weighted by Crippen LogP contribution is 2.32. The topological polar surface area (TPSA) is 101 Å². The lowest BCUT2D eigenvalue weighted by atomic mass is 9.93. The largest absolute Gasteiger partial charge is 0.494 e. The molecule has 1 aliphatic rings. The molecule has 0 atom stereocenters. The van der Waals surface area contributed by atoms with Crippen LogP contribution in [0.3, 0.4) is 0 Å². The fourth-order valence-corrected chi connectivity index (χ4v) is 4.60. The Balaban J connectivity index is 1.62. The number of pyridine rings is 1. The number of rotatable bonds is 9. The molecule has 41 heavy (non-hydrogen) atoms. The van der Waals surface area contributed by atoms with E-state index in [9.17, 15) is 14.9 Å². The number of ether oxygens (including phenoxy) is 1. The van der Waals surface area contributed by atoms with Crippen molar-refractivity contribution in [1.82, 2.24) is 19.7 Å². The molecule has 0 saturated heterocycles. The molecule has 0 bridgehead atoms. The average Bonchev–Trinajstić information content (AvgIpc) is 3.43. The Bertz CT molecular complexity index is 1680. The van der Waals surface area contributed by atoms with Crippen molar-refractivity contribution in [3.05, 3.63) is 113 Å². The summed E-state index contributed by atoms with van der Waals surface area (Å²) in [4.78, 5) is 32.1. The van der Waals surface area contributed by atoms with Gasteiger partial charge in [-0.2, -0.15) is 10.4 Å². The summed E-state index contributed by atoms with van der Waals surface area (Å²) in [5, 5.41) is 14.7. The number of aromatic nitrogens is 3. The van der Waals surface area contributed by atoms with E-state index in [1.807, 2.05) is 66.9 Å². The second-order valence-electron chi connectivity index (χ2n) is 9.67. The maximum Gasteiger partial charge on any atom is 0.271 e. The Morgan fingerprint density at radius 2 is 1.85 bits per heavy atom. The second-order valence-corrected chi connectivity index (χ2v) is 9.67. The number of amides is 2. The first-order valence-corrected chi connectivity index (χ1v) is 13.5. The smallest absolute Gasteiger partial charge is 0.271 e. The van der Waals surface area contributed by atoms with Crippen molar-refractivity contribution in [2.75, 3.05) is 6.61 Å². The summed E-state index contributed by atoms with van der Waals surface area (Å²) in [5.41, 5.74) is 4.17. The fourth-order valence-electron chi connectivity index (χ4n) is 4.60. The van der Waals surface area contributed by atoms with Crippen LogP contribution in [0, 0.1) is 11.3 Å². The van der Waals surface area contributed by atoms with Gasteiger partial charge in [0.05, 0.1) is 18.8 Å². The molecule has 3 heterocycles. The number of unbranched alkanes of at least 4 members (excludes halogenated alkanes) is 1. The third-order valence-corrected chi connectivity index (χ3v) is 6.83. The van der Waals surface area contributed by atoms with E-state index in [2.05, 4.69) is 11.9 Å². The monoisotopic (exact) mass is 543 g/mol. The second kappa shape index (κ2) is 12.3. The molecule has 5 rings (SSSR count). The molecular weight excluding hydrogens is 514 g/mol. The van der Waals surface area contributed by atoms with Crippen LogP contribution in [0.5, 0.6) is 5.75 Å². The minimum absolute atomic E-state index is 0.00852. The van der Waals surface area contributed by atoms with E-state index in [0.29, 0.717) is 29.0 Å². The Morgan fingerprint density at radius 1 is 1.02 bits per heavy atom. The lowest BCUT2D eigenvalue weighted by Crippen LogP contribution is -2.42. The molecular formula is C33H29N5O3. The number of hydrogen-bond donors (Lipinski definition) is 0. The van der Waals surface area contributed by atoms with Gasteiger partial charge in [0.2, 0.25) is 0 Å². The van der Waals surface area contributed by atoms with Gasteiger partial charge in [-0.1, -0.05) is 49.7 Å². The van der Waals surface area contributed by atoms with Crippen LogP contribution in [0.25, 0.3) is 23.0 Å². The highest BCUT2D eigenvalue weighted by atomic mass is 16.5. The average molecular weight is 544 g/mol. The zero-order valence-electron chi connectivity index (χ0n) is 22.9. The number of carbonyl (C=O) groups excluding carboxylic acids is 2. The lowest BCUT2D eigenvalue weighted by Gasteiger charge is -2.27. The predicted molar refractivity (Wildman–Crippen MR) is 155 cm³/mol. The predicted octanol–water partition coefficient (Wildman–Crippen LogP) is 5.91. The van der Waals surface area contributed by atoms with Crippen LogP contribution in [0.2, 0.25) is 0 Å². The van der Waals surface area contributed by atoms with E-state index in [1.165, 1.54) is 0 Å². The van der Waals surface area contributed by atoms with Crippen LogP contribution in [0.15, 0.2) is 102 Å². The molecule has 0 fully saturated rings. The Labute approximate surface area is 238 Å². The first-order valence-electron chi connectivity index (χ1n) is 13.5. The van der Waals surface area contributed by atoms with Crippen LogP contribution in [-0.4, -0.2) is 38.1 Å². The van der Waals surface area contributed by atoms with Crippen molar-refractivity contribution in [3.8, 4) is 28.8 Å². The SMILES string of the molecule is CCCCOc1cccc(-c2nn(-c3ccccc3)cc2/C=C2/C(=O)N(Cc3cccnc3)C(=O)C(C#N)=C2C)c1. The van der Waals surface area contributed by atoms with Gasteiger partial charge in [0.25, 0.3) is 11.8 Å². The lowest BCUT2D eigenvalue weighted by molar-refractivity contribution is -0.141. The summed E-state index contributed by atoms with van der Waals surface area (Å²) in [6.07, 6.45) is 8.76. The van der Waals surface area contributed by atoms with Gasteiger partial charge in [-0.3, -0.25) is 19.5 Å². The summed E-state index contributed by atoms with van der Waals surface area (Å²) in [6.45, 7) is 4.37. The molecule has 204 valence electrons. The van der Waals surface area contributed by atoms with Gasteiger partial charge in [0.1, 0.15) is 23.1 Å². The summed E-state index contributed by atoms with van der Waals surface area (Å²) in [6, 6.07) is 22.9. The minimum atomic E-state index is -0.617. The van der Waals surface area contributed by atoms with Crippen LogP contribution in [0.4, 0.5) is 0 Å². The zero-order chi connectivity index (χ0) is 28.8. The van der Waals surface area contributed by atoms with E-state index >= 15 is 0 Å². The summed E-state index contributed by atoms with van der Waals surface area (Å²) < 4.78 is 7.69. The molecule has 0 N–H and O–H groups in total. The number of nitriles is 1. The standard InChI is InChI=1S/C33H29N5O3/c1-3-4-16-41-28-14-8-11-25(17-28)31-26(22-38(36-31)27-12-6-5-7-13-27)18-29-23(2)30(19-34)33(40)37(32(29)39)21-24-10-9-15-35-20-24/h5-15,17-18,20,22H,3-4,16,21H2,1-2H3/b29-18+. The van der Waals surface area contributed by atoms with Crippen LogP contribution >= 0.6 is 0 Å². The molecule has 0 aliphatic carbocycles. The number of benzene rings is 2. The van der Waals surface area contributed by atoms with Gasteiger partial charge in [-0.25, -0.2) is 4.68 Å². The molecule has 0 spiro atoms. The normalized spacial score (nSPS) is 14.5. The van der Waals surface area contributed by atoms with E-state index in [-0.39, 0.29) is 17.7 Å². The van der Waals surface area contributed by atoms with E-state index < -0.39 is 11.8 Å². The Hall–Kier alpha value is -5.29. The molecule has 2 aromatic heterocycles. The molecule has 0 saturated carbocycles. The third-order valence-electron chi connectivity index (χ3n) is 6.83. The number of para-hydroxylation sites is 1. The van der Waals surface area contributed by atoms with Crippen molar-refractivity contribution < 1.29 is 14.3 Å². The molecule has 2 aromatic carbocycles. The fraction of sp³-hybridized carbons (Fsp3) is 0.182. The van der Waals surface area contributed by atoms with E-state index in [1.54, 1.807) is 42.2 Å². The molecule has 2 amide bonds. The molecule has 8 heteroatoms. The molecule has 8 nitrogen and oxygen atoms in total. The van der Waals surface area contributed by atoms with E-state index in [4.69, 9.17) is 9.84 Å². The van der Waals surface area contributed by atoms with Gasteiger partial charge >= 0.3 is 0 Å². The maximum absolute atomic E-state index is 13.8. The van der Waals surface area contributed by atoms with Gasteiger partial charge in [0, 0.05) is 35.3 Å². The van der Waals surface area contributed by atoms with Crippen molar-refractivity contribution in [2.24, 2.45) is 0 Å². The van der Waals surface area contributed by atoms with Crippen LogP contribution in [-0.2, 0) is 16.1 Å². The number of carbonyl (C=O) groups is 2. The maximum atomic E-state index is 13.8. The summed E-state index contributed by atoms with van der Waals surface area (Å²) >= 11 is 0. The molecule has 0 radical (unpaired) electrons. The zero-order valence-corrected chi connectivity index (χ0v) is 22.9. The first kappa shape index (κ1) is 27.3. The molecule has 4 aromatic rings.